The monoisotopic (exact) mass is 217 g/mol. The first-order chi connectivity index (χ1) is 6.91. The van der Waals surface area contributed by atoms with Crippen LogP contribution in [0.4, 0.5) is 0 Å². The molecule has 15 heavy (non-hydrogen) atoms. The molecule has 0 aliphatic carbocycles. The third kappa shape index (κ3) is 6.88. The lowest BCUT2D eigenvalue weighted by molar-refractivity contribution is -0.0333. The van der Waals surface area contributed by atoms with Gasteiger partial charge in [0.25, 0.3) is 0 Å². The standard InChI is InChI=1S/C12H27NO2/c1-7-14-10-11(15-8-2)9-13(6)12(3,4)5/h11H,7-10H2,1-6H3. The molecule has 3 heteroatoms. The zero-order chi connectivity index (χ0) is 11.9. The molecule has 1 atom stereocenters. The molecule has 0 aromatic carbocycles. The van der Waals surface area contributed by atoms with Crippen LogP contribution in [0.25, 0.3) is 0 Å². The minimum Gasteiger partial charge on any atom is -0.379 e. The Kier molecular flexibility index (Phi) is 7.14. The third-order valence-electron chi connectivity index (χ3n) is 2.53. The van der Waals surface area contributed by atoms with Crippen LogP contribution in [0, 0.1) is 0 Å². The van der Waals surface area contributed by atoms with Gasteiger partial charge in [0.2, 0.25) is 0 Å². The summed E-state index contributed by atoms with van der Waals surface area (Å²) in [6.45, 7) is 13.7. The van der Waals surface area contributed by atoms with Gasteiger partial charge in [0, 0.05) is 25.3 Å². The van der Waals surface area contributed by atoms with E-state index >= 15 is 0 Å². The van der Waals surface area contributed by atoms with Crippen LogP contribution in [-0.4, -0.2) is 50.0 Å². The minimum atomic E-state index is 0.180. The van der Waals surface area contributed by atoms with E-state index in [2.05, 4.69) is 32.7 Å². The van der Waals surface area contributed by atoms with Gasteiger partial charge in [0.1, 0.15) is 0 Å². The van der Waals surface area contributed by atoms with Gasteiger partial charge in [-0.05, 0) is 41.7 Å². The second kappa shape index (κ2) is 7.20. The Morgan fingerprint density at radius 3 is 2.13 bits per heavy atom. The fourth-order valence-electron chi connectivity index (χ4n) is 1.22. The molecule has 0 rings (SSSR count). The molecule has 0 saturated heterocycles. The first-order valence-corrected chi connectivity index (χ1v) is 5.82. The van der Waals surface area contributed by atoms with Crippen molar-refractivity contribution in [3.8, 4) is 0 Å². The van der Waals surface area contributed by atoms with Gasteiger partial charge in [-0.3, -0.25) is 4.90 Å². The van der Waals surface area contributed by atoms with Crippen LogP contribution in [0.2, 0.25) is 0 Å². The van der Waals surface area contributed by atoms with Crippen molar-refractivity contribution in [2.45, 2.75) is 46.3 Å². The van der Waals surface area contributed by atoms with E-state index in [1.807, 2.05) is 13.8 Å². The van der Waals surface area contributed by atoms with Gasteiger partial charge in [0.15, 0.2) is 0 Å². The molecule has 0 saturated carbocycles. The number of rotatable bonds is 7. The first kappa shape index (κ1) is 14.9. The highest BCUT2D eigenvalue weighted by Crippen LogP contribution is 2.11. The summed E-state index contributed by atoms with van der Waals surface area (Å²) in [4.78, 5) is 2.30. The summed E-state index contributed by atoms with van der Waals surface area (Å²) in [6.07, 6.45) is 0.180. The molecule has 1 unspecified atom stereocenters. The maximum absolute atomic E-state index is 5.64. The fraction of sp³-hybridized carbons (Fsp3) is 1.00. The lowest BCUT2D eigenvalue weighted by Gasteiger charge is -2.34. The highest BCUT2D eigenvalue weighted by Gasteiger charge is 2.21. The van der Waals surface area contributed by atoms with Crippen molar-refractivity contribution < 1.29 is 9.47 Å². The second-order valence-corrected chi connectivity index (χ2v) is 4.79. The largest absolute Gasteiger partial charge is 0.379 e. The number of nitrogens with zero attached hydrogens (tertiary/aromatic N) is 1. The molecule has 0 aliphatic rings. The summed E-state index contributed by atoms with van der Waals surface area (Å²) in [5.41, 5.74) is 0.182. The summed E-state index contributed by atoms with van der Waals surface area (Å²) in [6, 6.07) is 0. The Labute approximate surface area is 94.7 Å². The van der Waals surface area contributed by atoms with Crippen molar-refractivity contribution in [3.05, 3.63) is 0 Å². The van der Waals surface area contributed by atoms with Crippen LogP contribution < -0.4 is 0 Å². The molecule has 0 spiro atoms. The first-order valence-electron chi connectivity index (χ1n) is 5.82. The maximum atomic E-state index is 5.64. The highest BCUT2D eigenvalue weighted by molar-refractivity contribution is 4.75. The Balaban J connectivity index is 4.03. The lowest BCUT2D eigenvalue weighted by Crippen LogP contribution is -2.44. The average Bonchev–Trinajstić information content (AvgIpc) is 2.13. The van der Waals surface area contributed by atoms with Gasteiger partial charge >= 0.3 is 0 Å². The van der Waals surface area contributed by atoms with Crippen LogP contribution in [0.15, 0.2) is 0 Å². The molecular weight excluding hydrogens is 190 g/mol. The van der Waals surface area contributed by atoms with Crippen molar-refractivity contribution in [2.75, 3.05) is 33.4 Å². The van der Waals surface area contributed by atoms with E-state index in [0.29, 0.717) is 6.61 Å². The molecule has 0 aromatic rings. The Bertz CT molecular complexity index is 154. The third-order valence-corrected chi connectivity index (χ3v) is 2.53. The summed E-state index contributed by atoms with van der Waals surface area (Å²) in [5.74, 6) is 0. The predicted octanol–water partition coefficient (Wildman–Crippen LogP) is 2.16. The van der Waals surface area contributed by atoms with Crippen LogP contribution in [0.5, 0.6) is 0 Å². The second-order valence-electron chi connectivity index (χ2n) is 4.79. The van der Waals surface area contributed by atoms with E-state index in [1.165, 1.54) is 0 Å². The van der Waals surface area contributed by atoms with Gasteiger partial charge in [-0.15, -0.1) is 0 Å². The average molecular weight is 217 g/mol. The summed E-state index contributed by atoms with van der Waals surface area (Å²) < 4.78 is 11.1. The SMILES string of the molecule is CCOCC(CN(C)C(C)(C)C)OCC. The Morgan fingerprint density at radius 1 is 1.13 bits per heavy atom. The molecule has 0 heterocycles. The normalized spacial score (nSPS) is 14.6. The fourth-order valence-corrected chi connectivity index (χ4v) is 1.22. The van der Waals surface area contributed by atoms with Crippen molar-refractivity contribution in [3.63, 3.8) is 0 Å². The van der Waals surface area contributed by atoms with E-state index in [0.717, 1.165) is 19.8 Å². The minimum absolute atomic E-state index is 0.180. The van der Waals surface area contributed by atoms with Crippen LogP contribution in [0.1, 0.15) is 34.6 Å². The van der Waals surface area contributed by atoms with Gasteiger partial charge < -0.3 is 9.47 Å². The molecule has 0 aliphatic heterocycles. The smallest absolute Gasteiger partial charge is 0.0934 e. The molecule has 3 nitrogen and oxygen atoms in total. The van der Waals surface area contributed by atoms with Gasteiger partial charge in [-0.2, -0.15) is 0 Å². The number of ether oxygens (including phenoxy) is 2. The zero-order valence-electron chi connectivity index (χ0n) is 11.2. The molecule has 0 bridgehead atoms. The topological polar surface area (TPSA) is 21.7 Å². The number of hydrogen-bond acceptors (Lipinski definition) is 3. The highest BCUT2D eigenvalue weighted by atomic mass is 16.5. The van der Waals surface area contributed by atoms with Crippen LogP contribution in [-0.2, 0) is 9.47 Å². The van der Waals surface area contributed by atoms with E-state index in [-0.39, 0.29) is 11.6 Å². The molecule has 0 N–H and O–H groups in total. The maximum Gasteiger partial charge on any atom is 0.0934 e. The zero-order valence-corrected chi connectivity index (χ0v) is 11.2. The predicted molar refractivity (Wildman–Crippen MR) is 64.3 cm³/mol. The summed E-state index contributed by atoms with van der Waals surface area (Å²) in [5, 5.41) is 0. The Hall–Kier alpha value is -0.120. The van der Waals surface area contributed by atoms with E-state index in [4.69, 9.17) is 9.47 Å². The molecule has 0 amide bonds. The molecule has 0 fully saturated rings. The summed E-state index contributed by atoms with van der Waals surface area (Å²) in [7, 11) is 2.12. The van der Waals surface area contributed by atoms with Gasteiger partial charge in [0.05, 0.1) is 12.7 Å². The van der Waals surface area contributed by atoms with E-state index in [9.17, 15) is 0 Å². The molecular formula is C12H27NO2. The lowest BCUT2D eigenvalue weighted by atomic mass is 10.1. The quantitative estimate of drug-likeness (QED) is 0.652. The van der Waals surface area contributed by atoms with Crippen molar-refractivity contribution >= 4 is 0 Å². The van der Waals surface area contributed by atoms with Gasteiger partial charge in [-0.25, -0.2) is 0 Å². The van der Waals surface area contributed by atoms with E-state index < -0.39 is 0 Å². The molecule has 0 aromatic heterocycles. The molecule has 0 radical (unpaired) electrons. The van der Waals surface area contributed by atoms with Crippen molar-refractivity contribution in [1.82, 2.24) is 4.90 Å². The number of hydrogen-bond donors (Lipinski definition) is 0. The van der Waals surface area contributed by atoms with Crippen molar-refractivity contribution in [1.29, 1.82) is 0 Å². The number of likely N-dealkylation sites (N-methyl/N-ethyl adjacent to an activating group) is 1. The van der Waals surface area contributed by atoms with Crippen LogP contribution >= 0.6 is 0 Å². The van der Waals surface area contributed by atoms with Gasteiger partial charge in [-0.1, -0.05) is 0 Å². The van der Waals surface area contributed by atoms with E-state index in [1.54, 1.807) is 0 Å². The summed E-state index contributed by atoms with van der Waals surface area (Å²) >= 11 is 0. The molecule has 92 valence electrons. The Morgan fingerprint density at radius 2 is 1.73 bits per heavy atom. The van der Waals surface area contributed by atoms with Crippen LogP contribution in [0.3, 0.4) is 0 Å². The van der Waals surface area contributed by atoms with Crippen molar-refractivity contribution in [2.24, 2.45) is 0 Å².